The number of anilines is 1. The van der Waals surface area contributed by atoms with Crippen molar-refractivity contribution in [1.82, 2.24) is 4.98 Å². The second kappa shape index (κ2) is 8.46. The maximum Gasteiger partial charge on any atom is 0.273 e. The van der Waals surface area contributed by atoms with Crippen LogP contribution in [0.4, 0.5) is 11.4 Å². The molecule has 0 aliphatic heterocycles. The first-order valence-electron chi connectivity index (χ1n) is 8.21. The molecule has 1 heterocycles. The van der Waals surface area contributed by atoms with Crippen LogP contribution in [0, 0.1) is 17.0 Å². The van der Waals surface area contributed by atoms with Gasteiger partial charge in [0.2, 0.25) is 0 Å². The van der Waals surface area contributed by atoms with E-state index >= 15 is 0 Å². The van der Waals surface area contributed by atoms with Crippen molar-refractivity contribution in [3.63, 3.8) is 0 Å². The second-order valence-electron chi connectivity index (χ2n) is 5.89. The Kier molecular flexibility index (Phi) is 5.83. The van der Waals surface area contributed by atoms with Crippen LogP contribution >= 0.6 is 11.8 Å². The largest absolute Gasteiger partial charge is 0.322 e. The van der Waals surface area contributed by atoms with E-state index in [1.54, 1.807) is 37.0 Å². The summed E-state index contributed by atoms with van der Waals surface area (Å²) in [6.45, 7) is 1.64. The molecule has 0 fully saturated rings. The summed E-state index contributed by atoms with van der Waals surface area (Å²) < 4.78 is 0. The van der Waals surface area contributed by atoms with E-state index in [1.807, 2.05) is 42.6 Å². The smallest absolute Gasteiger partial charge is 0.273 e. The van der Waals surface area contributed by atoms with Crippen LogP contribution in [0.2, 0.25) is 0 Å². The molecule has 0 atom stereocenters. The van der Waals surface area contributed by atoms with Gasteiger partial charge in [0, 0.05) is 45.9 Å². The van der Waals surface area contributed by atoms with Gasteiger partial charge < -0.3 is 5.32 Å². The number of amides is 1. The number of hydrogen-bond acceptors (Lipinski definition) is 5. The minimum Gasteiger partial charge on any atom is -0.322 e. The second-order valence-corrected chi connectivity index (χ2v) is 6.94. The van der Waals surface area contributed by atoms with Crippen molar-refractivity contribution in [3.05, 3.63) is 93.8 Å². The molecule has 7 heteroatoms. The molecule has 1 aromatic heterocycles. The zero-order chi connectivity index (χ0) is 19.2. The third-order valence-corrected chi connectivity index (χ3v) is 4.99. The summed E-state index contributed by atoms with van der Waals surface area (Å²) in [5, 5.41) is 13.8. The van der Waals surface area contributed by atoms with Gasteiger partial charge in [-0.15, -0.1) is 11.8 Å². The number of carbonyl (C=O) groups is 1. The number of aryl methyl sites for hydroxylation is 1. The lowest BCUT2D eigenvalue weighted by Gasteiger charge is -2.07. The summed E-state index contributed by atoms with van der Waals surface area (Å²) in [4.78, 5) is 28.1. The zero-order valence-corrected chi connectivity index (χ0v) is 15.4. The molecule has 0 saturated heterocycles. The van der Waals surface area contributed by atoms with Crippen molar-refractivity contribution in [3.8, 4) is 0 Å². The first-order valence-corrected chi connectivity index (χ1v) is 9.19. The Morgan fingerprint density at radius 3 is 2.63 bits per heavy atom. The Balaban J connectivity index is 1.63. The minimum atomic E-state index is -0.486. The van der Waals surface area contributed by atoms with Gasteiger partial charge in [0.05, 0.1) is 4.92 Å². The average Bonchev–Trinajstić information content (AvgIpc) is 2.68. The molecular weight excluding hydrogens is 362 g/mol. The van der Waals surface area contributed by atoms with Gasteiger partial charge in [0.25, 0.3) is 11.6 Å². The van der Waals surface area contributed by atoms with Gasteiger partial charge in [-0.2, -0.15) is 0 Å². The predicted octanol–water partition coefficient (Wildman–Crippen LogP) is 4.84. The predicted molar refractivity (Wildman–Crippen MR) is 106 cm³/mol. The first-order chi connectivity index (χ1) is 13.0. The van der Waals surface area contributed by atoms with Gasteiger partial charge in [0.15, 0.2) is 0 Å². The number of nitro benzene ring substituents is 1. The van der Waals surface area contributed by atoms with E-state index in [4.69, 9.17) is 0 Å². The van der Waals surface area contributed by atoms with E-state index in [1.165, 1.54) is 6.07 Å². The molecule has 0 bridgehead atoms. The van der Waals surface area contributed by atoms with Crippen LogP contribution in [-0.2, 0) is 5.75 Å². The lowest BCUT2D eigenvalue weighted by molar-refractivity contribution is -0.385. The third-order valence-electron chi connectivity index (χ3n) is 3.91. The number of thioether (sulfide) groups is 1. The number of nitro groups is 1. The molecule has 0 spiro atoms. The number of carbonyl (C=O) groups excluding carboxylic acids is 1. The highest BCUT2D eigenvalue weighted by molar-refractivity contribution is 7.98. The highest BCUT2D eigenvalue weighted by Gasteiger charge is 2.15. The molecule has 0 aliphatic rings. The summed E-state index contributed by atoms with van der Waals surface area (Å²) in [6, 6.07) is 15.9. The number of hydrogen-bond donors (Lipinski definition) is 1. The van der Waals surface area contributed by atoms with Gasteiger partial charge in [-0.3, -0.25) is 19.9 Å². The number of rotatable bonds is 6. The van der Waals surface area contributed by atoms with Crippen molar-refractivity contribution < 1.29 is 9.72 Å². The highest BCUT2D eigenvalue weighted by atomic mass is 32.2. The fourth-order valence-electron chi connectivity index (χ4n) is 2.44. The van der Waals surface area contributed by atoms with E-state index in [-0.39, 0.29) is 17.2 Å². The lowest BCUT2D eigenvalue weighted by Crippen LogP contribution is -2.12. The number of aromatic nitrogens is 1. The summed E-state index contributed by atoms with van der Waals surface area (Å²) >= 11 is 1.68. The normalized spacial score (nSPS) is 10.4. The molecule has 3 aromatic rings. The van der Waals surface area contributed by atoms with E-state index in [2.05, 4.69) is 10.3 Å². The van der Waals surface area contributed by atoms with Crippen LogP contribution in [0.25, 0.3) is 0 Å². The summed E-state index contributed by atoms with van der Waals surface area (Å²) in [5.74, 6) is 0.431. The van der Waals surface area contributed by atoms with Crippen molar-refractivity contribution in [2.24, 2.45) is 0 Å². The Labute approximate surface area is 160 Å². The maximum atomic E-state index is 12.3. The van der Waals surface area contributed by atoms with Crippen LogP contribution in [0.15, 0.2) is 71.9 Å². The standard InChI is InChI=1S/C20H17N3O3S/c1-14-4-5-16(11-19(14)23(25)26)20(24)22-17-6-8-18(9-7-17)27-13-15-3-2-10-21-12-15/h2-12H,13H2,1H3,(H,22,24). The summed E-state index contributed by atoms with van der Waals surface area (Å²) in [7, 11) is 0. The first kappa shape index (κ1) is 18.6. The number of pyridine rings is 1. The Hall–Kier alpha value is -3.19. The average molecular weight is 379 g/mol. The van der Waals surface area contributed by atoms with Crippen molar-refractivity contribution in [2.45, 2.75) is 17.6 Å². The van der Waals surface area contributed by atoms with Crippen LogP contribution in [0.1, 0.15) is 21.5 Å². The van der Waals surface area contributed by atoms with Crippen LogP contribution in [0.3, 0.4) is 0 Å². The Morgan fingerprint density at radius 2 is 1.96 bits per heavy atom. The minimum absolute atomic E-state index is 0.0650. The Bertz CT molecular complexity index is 960. The zero-order valence-electron chi connectivity index (χ0n) is 14.6. The fraction of sp³-hybridized carbons (Fsp3) is 0.100. The molecule has 0 unspecified atom stereocenters. The van der Waals surface area contributed by atoms with Gasteiger partial charge in [-0.05, 0) is 48.9 Å². The van der Waals surface area contributed by atoms with E-state index < -0.39 is 4.92 Å². The quantitative estimate of drug-likeness (QED) is 0.376. The molecular formula is C20H17N3O3S. The lowest BCUT2D eigenvalue weighted by atomic mass is 10.1. The molecule has 1 N–H and O–H groups in total. The SMILES string of the molecule is Cc1ccc(C(=O)Nc2ccc(SCc3cccnc3)cc2)cc1[N+](=O)[O-]. The third kappa shape index (κ3) is 4.92. The van der Waals surface area contributed by atoms with Gasteiger partial charge in [-0.1, -0.05) is 12.1 Å². The number of benzene rings is 2. The number of nitrogens with one attached hydrogen (secondary N) is 1. The Morgan fingerprint density at radius 1 is 1.19 bits per heavy atom. The van der Waals surface area contributed by atoms with Crippen LogP contribution in [-0.4, -0.2) is 15.8 Å². The van der Waals surface area contributed by atoms with Crippen LogP contribution < -0.4 is 5.32 Å². The summed E-state index contributed by atoms with van der Waals surface area (Å²) in [6.07, 6.45) is 3.58. The van der Waals surface area contributed by atoms with Gasteiger partial charge in [0.1, 0.15) is 0 Å². The molecule has 136 valence electrons. The van der Waals surface area contributed by atoms with Gasteiger partial charge in [-0.25, -0.2) is 0 Å². The summed E-state index contributed by atoms with van der Waals surface area (Å²) in [5.41, 5.74) is 2.48. The van der Waals surface area contributed by atoms with Crippen molar-refractivity contribution >= 4 is 29.0 Å². The molecule has 0 aliphatic carbocycles. The molecule has 27 heavy (non-hydrogen) atoms. The molecule has 2 aromatic carbocycles. The monoisotopic (exact) mass is 379 g/mol. The van der Waals surface area contributed by atoms with Crippen molar-refractivity contribution in [1.29, 1.82) is 0 Å². The van der Waals surface area contributed by atoms with E-state index in [0.717, 1.165) is 16.2 Å². The fourth-order valence-corrected chi connectivity index (χ4v) is 3.27. The van der Waals surface area contributed by atoms with E-state index in [0.29, 0.717) is 11.3 Å². The molecule has 0 saturated carbocycles. The molecule has 6 nitrogen and oxygen atoms in total. The topological polar surface area (TPSA) is 85.1 Å². The number of nitrogens with zero attached hydrogens (tertiary/aromatic N) is 2. The molecule has 1 amide bonds. The van der Waals surface area contributed by atoms with Gasteiger partial charge >= 0.3 is 0 Å². The molecule has 0 radical (unpaired) electrons. The molecule has 3 rings (SSSR count). The van der Waals surface area contributed by atoms with Crippen LogP contribution in [0.5, 0.6) is 0 Å². The highest BCUT2D eigenvalue weighted by Crippen LogP contribution is 2.24. The maximum absolute atomic E-state index is 12.3. The van der Waals surface area contributed by atoms with Crippen molar-refractivity contribution in [2.75, 3.05) is 5.32 Å². The van der Waals surface area contributed by atoms with E-state index in [9.17, 15) is 14.9 Å².